The molecule has 1 unspecified atom stereocenters. The number of ether oxygens (including phenoxy) is 1. The Morgan fingerprint density at radius 1 is 1.00 bits per heavy atom. The van der Waals surface area contributed by atoms with Crippen LogP contribution < -0.4 is 4.74 Å². The van der Waals surface area contributed by atoms with E-state index in [-0.39, 0.29) is 12.5 Å². The first-order valence-electron chi connectivity index (χ1n) is 8.87. The summed E-state index contributed by atoms with van der Waals surface area (Å²) in [5, 5.41) is 10.8. The highest BCUT2D eigenvalue weighted by atomic mass is 16.5. The molecule has 1 atom stereocenters. The van der Waals surface area contributed by atoms with Crippen molar-refractivity contribution in [2.75, 3.05) is 19.7 Å². The molecular weight excluding hydrogens is 314 g/mol. The molecular formula is C21H25NO3. The lowest BCUT2D eigenvalue weighted by Gasteiger charge is -2.27. The van der Waals surface area contributed by atoms with E-state index in [0.29, 0.717) is 32.4 Å². The average Bonchev–Trinajstić information content (AvgIpc) is 2.84. The van der Waals surface area contributed by atoms with Gasteiger partial charge in [0.25, 0.3) is 0 Å². The fourth-order valence-electron chi connectivity index (χ4n) is 3.19. The van der Waals surface area contributed by atoms with Crippen molar-refractivity contribution in [2.24, 2.45) is 0 Å². The zero-order valence-corrected chi connectivity index (χ0v) is 14.4. The van der Waals surface area contributed by atoms with E-state index in [1.807, 2.05) is 65.6 Å². The topological polar surface area (TPSA) is 49.8 Å². The average molecular weight is 339 g/mol. The zero-order chi connectivity index (χ0) is 17.5. The summed E-state index contributed by atoms with van der Waals surface area (Å²) in [6.07, 6.45) is 2.39. The van der Waals surface area contributed by atoms with Crippen molar-refractivity contribution in [1.29, 1.82) is 0 Å². The van der Waals surface area contributed by atoms with Gasteiger partial charge in [-0.25, -0.2) is 0 Å². The van der Waals surface area contributed by atoms with Gasteiger partial charge in [0.2, 0.25) is 5.91 Å². The van der Waals surface area contributed by atoms with E-state index in [0.717, 1.165) is 17.7 Å². The number of likely N-dealkylation sites (tertiary alicyclic amines) is 1. The lowest BCUT2D eigenvalue weighted by atomic mass is 9.96. The molecule has 4 heteroatoms. The number of aliphatic hydroxyl groups is 1. The largest absolute Gasteiger partial charge is 0.491 e. The number of hydrogen-bond acceptors (Lipinski definition) is 3. The summed E-state index contributed by atoms with van der Waals surface area (Å²) in [7, 11) is 0. The second-order valence-corrected chi connectivity index (χ2v) is 6.72. The monoisotopic (exact) mass is 339 g/mol. The van der Waals surface area contributed by atoms with Gasteiger partial charge in [-0.3, -0.25) is 4.79 Å². The van der Waals surface area contributed by atoms with Crippen LogP contribution in [-0.4, -0.2) is 41.2 Å². The Balaban J connectivity index is 1.53. The maximum absolute atomic E-state index is 12.5. The third-order valence-electron chi connectivity index (χ3n) is 4.72. The molecule has 1 aliphatic heterocycles. The van der Waals surface area contributed by atoms with Crippen LogP contribution in [0.4, 0.5) is 0 Å². The molecule has 132 valence electrons. The van der Waals surface area contributed by atoms with Crippen molar-refractivity contribution in [3.05, 3.63) is 66.2 Å². The van der Waals surface area contributed by atoms with Gasteiger partial charge in [0, 0.05) is 13.1 Å². The van der Waals surface area contributed by atoms with Gasteiger partial charge >= 0.3 is 0 Å². The molecule has 0 bridgehead atoms. The predicted molar refractivity (Wildman–Crippen MR) is 97.5 cm³/mol. The fraction of sp³-hybridized carbons (Fsp3) is 0.381. The van der Waals surface area contributed by atoms with Crippen molar-refractivity contribution in [2.45, 2.75) is 31.3 Å². The number of rotatable bonds is 5. The molecule has 4 nitrogen and oxygen atoms in total. The van der Waals surface area contributed by atoms with Crippen LogP contribution in [0.5, 0.6) is 5.75 Å². The zero-order valence-electron chi connectivity index (χ0n) is 14.4. The van der Waals surface area contributed by atoms with E-state index in [2.05, 4.69) is 0 Å². The minimum absolute atomic E-state index is 0.124. The molecule has 0 spiro atoms. The van der Waals surface area contributed by atoms with Crippen LogP contribution >= 0.6 is 0 Å². The maximum Gasteiger partial charge on any atom is 0.226 e. The van der Waals surface area contributed by atoms with Crippen molar-refractivity contribution in [3.63, 3.8) is 0 Å². The Kier molecular flexibility index (Phi) is 5.71. The molecule has 0 radical (unpaired) electrons. The molecule has 1 amide bonds. The number of benzene rings is 2. The Hall–Kier alpha value is -2.33. The summed E-state index contributed by atoms with van der Waals surface area (Å²) in [5.74, 6) is 0.886. The van der Waals surface area contributed by atoms with Gasteiger partial charge in [0.1, 0.15) is 18.0 Å². The predicted octanol–water partition coefficient (Wildman–Crippen LogP) is 3.05. The van der Waals surface area contributed by atoms with Gasteiger partial charge < -0.3 is 14.7 Å². The highest BCUT2D eigenvalue weighted by Gasteiger charge is 2.32. The Labute approximate surface area is 149 Å². The molecule has 25 heavy (non-hydrogen) atoms. The standard InChI is InChI=1S/C21H25NO3/c23-20(16-18-8-3-1-4-9-18)22-14-7-12-21(24,13-15-22)17-25-19-10-5-2-6-11-19/h1-6,8-11,24H,7,12-17H2. The van der Waals surface area contributed by atoms with E-state index < -0.39 is 5.60 Å². The molecule has 0 aromatic heterocycles. The summed E-state index contributed by atoms with van der Waals surface area (Å²) in [6, 6.07) is 19.3. The van der Waals surface area contributed by atoms with E-state index in [1.165, 1.54) is 0 Å². The molecule has 1 heterocycles. The second-order valence-electron chi connectivity index (χ2n) is 6.72. The molecule has 0 saturated carbocycles. The first-order valence-corrected chi connectivity index (χ1v) is 8.87. The van der Waals surface area contributed by atoms with Crippen LogP contribution in [0.2, 0.25) is 0 Å². The molecule has 0 aliphatic carbocycles. The van der Waals surface area contributed by atoms with Crippen LogP contribution in [0.25, 0.3) is 0 Å². The van der Waals surface area contributed by atoms with Crippen LogP contribution in [0.15, 0.2) is 60.7 Å². The molecule has 1 N–H and O–H groups in total. The number of para-hydroxylation sites is 1. The Bertz CT molecular complexity index is 674. The number of hydrogen-bond donors (Lipinski definition) is 1. The quantitative estimate of drug-likeness (QED) is 0.911. The van der Waals surface area contributed by atoms with E-state index in [9.17, 15) is 9.90 Å². The van der Waals surface area contributed by atoms with Gasteiger partial charge in [0.05, 0.1) is 6.42 Å². The fourth-order valence-corrected chi connectivity index (χ4v) is 3.19. The summed E-state index contributed by atoms with van der Waals surface area (Å²) in [4.78, 5) is 14.4. The second kappa shape index (κ2) is 8.17. The van der Waals surface area contributed by atoms with Gasteiger partial charge in [0.15, 0.2) is 0 Å². The van der Waals surface area contributed by atoms with Crippen LogP contribution in [-0.2, 0) is 11.2 Å². The first kappa shape index (κ1) is 17.5. The van der Waals surface area contributed by atoms with Crippen molar-refractivity contribution in [3.8, 4) is 5.75 Å². The Morgan fingerprint density at radius 3 is 2.40 bits per heavy atom. The van der Waals surface area contributed by atoms with Gasteiger partial charge in [-0.15, -0.1) is 0 Å². The van der Waals surface area contributed by atoms with E-state index in [4.69, 9.17) is 4.74 Å². The maximum atomic E-state index is 12.5. The highest BCUT2D eigenvalue weighted by molar-refractivity contribution is 5.78. The van der Waals surface area contributed by atoms with Gasteiger partial charge in [-0.1, -0.05) is 48.5 Å². The smallest absolute Gasteiger partial charge is 0.226 e. The molecule has 1 aliphatic rings. The van der Waals surface area contributed by atoms with Crippen LogP contribution in [0.3, 0.4) is 0 Å². The van der Waals surface area contributed by atoms with Gasteiger partial charge in [-0.05, 0) is 37.0 Å². The third kappa shape index (κ3) is 5.07. The van der Waals surface area contributed by atoms with Crippen LogP contribution in [0.1, 0.15) is 24.8 Å². The van der Waals surface area contributed by atoms with Gasteiger partial charge in [-0.2, -0.15) is 0 Å². The number of carbonyl (C=O) groups is 1. The summed E-state index contributed by atoms with van der Waals surface area (Å²) >= 11 is 0. The van der Waals surface area contributed by atoms with Crippen molar-refractivity contribution < 1.29 is 14.6 Å². The van der Waals surface area contributed by atoms with E-state index >= 15 is 0 Å². The summed E-state index contributed by atoms with van der Waals surface area (Å²) in [6.45, 7) is 1.53. The third-order valence-corrected chi connectivity index (χ3v) is 4.72. The number of carbonyl (C=O) groups excluding carboxylic acids is 1. The summed E-state index contributed by atoms with van der Waals surface area (Å²) in [5.41, 5.74) is 0.150. The first-order chi connectivity index (χ1) is 12.1. The van der Waals surface area contributed by atoms with Crippen molar-refractivity contribution >= 4 is 5.91 Å². The summed E-state index contributed by atoms with van der Waals surface area (Å²) < 4.78 is 5.74. The van der Waals surface area contributed by atoms with Crippen LogP contribution in [0, 0.1) is 0 Å². The normalized spacial score (nSPS) is 20.8. The lowest BCUT2D eigenvalue weighted by molar-refractivity contribution is -0.130. The SMILES string of the molecule is O=C(Cc1ccccc1)N1CCCC(O)(COc2ccccc2)CC1. The molecule has 1 saturated heterocycles. The minimum Gasteiger partial charge on any atom is -0.491 e. The van der Waals surface area contributed by atoms with E-state index in [1.54, 1.807) is 0 Å². The van der Waals surface area contributed by atoms with Crippen molar-refractivity contribution in [1.82, 2.24) is 4.90 Å². The molecule has 3 rings (SSSR count). The molecule has 2 aromatic rings. The Morgan fingerprint density at radius 2 is 1.68 bits per heavy atom. The highest BCUT2D eigenvalue weighted by Crippen LogP contribution is 2.24. The number of amides is 1. The number of nitrogens with zero attached hydrogens (tertiary/aromatic N) is 1. The lowest BCUT2D eigenvalue weighted by Crippen LogP contribution is -2.38. The molecule has 1 fully saturated rings. The molecule has 2 aromatic carbocycles. The minimum atomic E-state index is -0.877.